The zero-order valence-electron chi connectivity index (χ0n) is 7.62. The summed E-state index contributed by atoms with van der Waals surface area (Å²) < 4.78 is 4.77. The molecule has 0 unspecified atom stereocenters. The second kappa shape index (κ2) is 4.77. The van der Waals surface area contributed by atoms with Gasteiger partial charge in [0.1, 0.15) is 6.61 Å². The summed E-state index contributed by atoms with van der Waals surface area (Å²) in [5.41, 5.74) is 1.25. The van der Waals surface area contributed by atoms with Crippen LogP contribution in [-0.2, 0) is 16.1 Å². The van der Waals surface area contributed by atoms with Crippen LogP contribution >= 0.6 is 11.6 Å². The summed E-state index contributed by atoms with van der Waals surface area (Å²) in [6.45, 7) is 1.56. The highest BCUT2D eigenvalue weighted by molar-refractivity contribution is 6.67. The molecule has 0 radical (unpaired) electrons. The van der Waals surface area contributed by atoms with Crippen molar-refractivity contribution in [2.75, 3.05) is 0 Å². The van der Waals surface area contributed by atoms with Gasteiger partial charge in [0.05, 0.1) is 0 Å². The van der Waals surface area contributed by atoms with E-state index in [0.29, 0.717) is 5.56 Å². The predicted molar refractivity (Wildman–Crippen MR) is 52.1 cm³/mol. The molecule has 0 heterocycles. The van der Waals surface area contributed by atoms with Crippen molar-refractivity contribution < 1.29 is 14.3 Å². The second-order valence-corrected chi connectivity index (χ2v) is 3.09. The molecule has 0 aromatic heterocycles. The first-order chi connectivity index (χ1) is 6.59. The molecule has 3 nitrogen and oxygen atoms in total. The van der Waals surface area contributed by atoms with Crippen molar-refractivity contribution in [2.24, 2.45) is 0 Å². The minimum absolute atomic E-state index is 0.214. The van der Waals surface area contributed by atoms with E-state index >= 15 is 0 Å². The number of ether oxygens (including phenoxy) is 1. The van der Waals surface area contributed by atoms with E-state index in [9.17, 15) is 9.59 Å². The van der Waals surface area contributed by atoms with E-state index in [1.165, 1.54) is 6.92 Å². The molecule has 1 rings (SSSR count). The summed E-state index contributed by atoms with van der Waals surface area (Å²) in [5, 5.41) is -0.496. The maximum atomic E-state index is 10.7. The third-order valence-electron chi connectivity index (χ3n) is 1.62. The molecule has 74 valence electrons. The van der Waals surface area contributed by atoms with Crippen molar-refractivity contribution in [2.45, 2.75) is 13.5 Å². The molecule has 0 spiro atoms. The quantitative estimate of drug-likeness (QED) is 0.570. The summed E-state index contributed by atoms with van der Waals surface area (Å²) in [6, 6.07) is 6.57. The van der Waals surface area contributed by atoms with Crippen molar-refractivity contribution in [3.8, 4) is 0 Å². The van der Waals surface area contributed by atoms with Crippen LogP contribution in [0.2, 0.25) is 0 Å². The number of esters is 1. The van der Waals surface area contributed by atoms with E-state index in [0.717, 1.165) is 5.56 Å². The fraction of sp³-hybridized carbons (Fsp3) is 0.200. The van der Waals surface area contributed by atoms with Crippen molar-refractivity contribution in [3.63, 3.8) is 0 Å². The molecular weight excluding hydrogens is 204 g/mol. The number of halogens is 1. The summed E-state index contributed by atoms with van der Waals surface area (Å²) in [6.07, 6.45) is 0. The van der Waals surface area contributed by atoms with Crippen LogP contribution in [0.15, 0.2) is 24.3 Å². The average molecular weight is 213 g/mol. The van der Waals surface area contributed by atoms with Gasteiger partial charge < -0.3 is 4.74 Å². The fourth-order valence-electron chi connectivity index (χ4n) is 0.917. The minimum atomic E-state index is -0.496. The van der Waals surface area contributed by atoms with Crippen LogP contribution in [0.4, 0.5) is 0 Å². The highest BCUT2D eigenvalue weighted by Gasteiger charge is 2.01. The molecule has 4 heteroatoms. The van der Waals surface area contributed by atoms with Gasteiger partial charge in [-0.15, -0.1) is 0 Å². The van der Waals surface area contributed by atoms with Crippen molar-refractivity contribution in [1.82, 2.24) is 0 Å². The first-order valence-corrected chi connectivity index (χ1v) is 4.39. The average Bonchev–Trinajstić information content (AvgIpc) is 2.15. The van der Waals surface area contributed by atoms with Crippen LogP contribution in [0.25, 0.3) is 0 Å². The molecule has 0 fully saturated rings. The van der Waals surface area contributed by atoms with Crippen molar-refractivity contribution >= 4 is 22.8 Å². The molecular formula is C10H9ClO3. The number of hydrogen-bond acceptors (Lipinski definition) is 3. The molecule has 0 amide bonds. The number of hydrogen-bond donors (Lipinski definition) is 0. The minimum Gasteiger partial charge on any atom is -0.461 e. The summed E-state index contributed by atoms with van der Waals surface area (Å²) in [4.78, 5) is 21.2. The Morgan fingerprint density at radius 2 is 1.86 bits per heavy atom. The Morgan fingerprint density at radius 1 is 1.29 bits per heavy atom. The van der Waals surface area contributed by atoms with Crippen LogP contribution in [0.5, 0.6) is 0 Å². The highest BCUT2D eigenvalue weighted by Crippen LogP contribution is 2.08. The predicted octanol–water partition coefficient (Wildman–Crippen LogP) is 2.13. The van der Waals surface area contributed by atoms with Gasteiger partial charge in [0.25, 0.3) is 5.24 Å². The monoisotopic (exact) mass is 212 g/mol. The number of carbonyl (C=O) groups excluding carboxylic acids is 2. The lowest BCUT2D eigenvalue weighted by Gasteiger charge is -2.01. The SMILES string of the molecule is CC(=O)OCc1ccc(C(=O)Cl)cc1. The summed E-state index contributed by atoms with van der Waals surface area (Å²) >= 11 is 5.26. The molecule has 14 heavy (non-hydrogen) atoms. The van der Waals surface area contributed by atoms with Crippen LogP contribution in [0, 0.1) is 0 Å². The van der Waals surface area contributed by atoms with Gasteiger partial charge in [-0.3, -0.25) is 9.59 Å². The Hall–Kier alpha value is -1.35. The molecule has 0 saturated carbocycles. The molecule has 0 atom stereocenters. The molecule has 1 aromatic rings. The number of benzene rings is 1. The molecule has 0 aliphatic heterocycles. The van der Waals surface area contributed by atoms with Gasteiger partial charge in [-0.25, -0.2) is 0 Å². The molecule has 0 saturated heterocycles. The Kier molecular flexibility index (Phi) is 3.65. The van der Waals surface area contributed by atoms with E-state index in [1.807, 2.05) is 0 Å². The van der Waals surface area contributed by atoms with Crippen LogP contribution in [0.1, 0.15) is 22.8 Å². The Labute approximate surface area is 86.6 Å². The third kappa shape index (κ3) is 3.18. The summed E-state index contributed by atoms with van der Waals surface area (Å²) in [7, 11) is 0. The van der Waals surface area contributed by atoms with Gasteiger partial charge in [0.2, 0.25) is 0 Å². The smallest absolute Gasteiger partial charge is 0.302 e. The van der Waals surface area contributed by atoms with Crippen LogP contribution < -0.4 is 0 Å². The van der Waals surface area contributed by atoms with E-state index in [1.54, 1.807) is 24.3 Å². The Morgan fingerprint density at radius 3 is 2.29 bits per heavy atom. The lowest BCUT2D eigenvalue weighted by atomic mass is 10.1. The maximum absolute atomic E-state index is 10.7. The highest BCUT2D eigenvalue weighted by atomic mass is 35.5. The van der Waals surface area contributed by atoms with E-state index in [2.05, 4.69) is 0 Å². The van der Waals surface area contributed by atoms with Gasteiger partial charge in [-0.2, -0.15) is 0 Å². The van der Waals surface area contributed by atoms with E-state index < -0.39 is 5.24 Å². The van der Waals surface area contributed by atoms with Gasteiger partial charge in [0.15, 0.2) is 0 Å². The van der Waals surface area contributed by atoms with E-state index in [4.69, 9.17) is 16.3 Å². The molecule has 1 aromatic carbocycles. The number of rotatable bonds is 3. The first kappa shape index (κ1) is 10.7. The summed E-state index contributed by atoms with van der Waals surface area (Å²) in [5.74, 6) is -0.331. The van der Waals surface area contributed by atoms with Gasteiger partial charge in [-0.1, -0.05) is 12.1 Å². The maximum Gasteiger partial charge on any atom is 0.302 e. The van der Waals surface area contributed by atoms with Gasteiger partial charge >= 0.3 is 5.97 Å². The standard InChI is InChI=1S/C10H9ClO3/c1-7(12)14-6-8-2-4-9(5-3-8)10(11)13/h2-5H,6H2,1H3. The first-order valence-electron chi connectivity index (χ1n) is 4.01. The lowest BCUT2D eigenvalue weighted by molar-refractivity contribution is -0.142. The zero-order valence-corrected chi connectivity index (χ0v) is 8.38. The molecule has 0 aliphatic carbocycles. The van der Waals surface area contributed by atoms with Gasteiger partial charge in [0, 0.05) is 12.5 Å². The Balaban J connectivity index is 2.64. The van der Waals surface area contributed by atoms with Crippen molar-refractivity contribution in [3.05, 3.63) is 35.4 Å². The van der Waals surface area contributed by atoms with Crippen molar-refractivity contribution in [1.29, 1.82) is 0 Å². The lowest BCUT2D eigenvalue weighted by Crippen LogP contribution is -1.99. The largest absolute Gasteiger partial charge is 0.461 e. The Bertz CT molecular complexity index is 343. The van der Waals surface area contributed by atoms with Gasteiger partial charge in [-0.05, 0) is 29.3 Å². The normalized spacial score (nSPS) is 9.57. The third-order valence-corrected chi connectivity index (χ3v) is 1.84. The second-order valence-electron chi connectivity index (χ2n) is 2.75. The molecule has 0 bridgehead atoms. The fourth-order valence-corrected chi connectivity index (χ4v) is 1.04. The van der Waals surface area contributed by atoms with Crippen LogP contribution in [0.3, 0.4) is 0 Å². The van der Waals surface area contributed by atoms with E-state index in [-0.39, 0.29) is 12.6 Å². The molecule has 0 N–H and O–H groups in total. The number of carbonyl (C=O) groups is 2. The van der Waals surface area contributed by atoms with Crippen LogP contribution in [-0.4, -0.2) is 11.2 Å². The topological polar surface area (TPSA) is 43.4 Å². The zero-order chi connectivity index (χ0) is 10.6. The molecule has 0 aliphatic rings.